The van der Waals surface area contributed by atoms with Gasteiger partial charge in [-0.25, -0.2) is 4.79 Å². The lowest BCUT2D eigenvalue weighted by molar-refractivity contribution is -0.192. The summed E-state index contributed by atoms with van der Waals surface area (Å²) in [5.41, 5.74) is 3.25. The zero-order valence-corrected chi connectivity index (χ0v) is 17.8. The van der Waals surface area contributed by atoms with Crippen LogP contribution in [0.1, 0.15) is 23.7 Å². The Kier molecular flexibility index (Phi) is 9.06. The molecule has 11 heteroatoms. The molecule has 0 radical (unpaired) electrons. The first-order chi connectivity index (χ1) is 15.1. The van der Waals surface area contributed by atoms with Gasteiger partial charge in [-0.05, 0) is 42.2 Å². The number of carbonyl (C=O) groups is 3. The molecule has 1 atom stereocenters. The van der Waals surface area contributed by atoms with E-state index in [1.54, 1.807) is 0 Å². The summed E-state index contributed by atoms with van der Waals surface area (Å²) in [6, 6.07) is 11.8. The van der Waals surface area contributed by atoms with Gasteiger partial charge in [0.1, 0.15) is 5.75 Å². The number of hydrogen-bond donors (Lipinski definition) is 2. The Morgan fingerprint density at radius 1 is 1.16 bits per heavy atom. The number of amides is 2. The first kappa shape index (κ1) is 25.2. The van der Waals surface area contributed by atoms with Gasteiger partial charge in [-0.2, -0.15) is 13.2 Å². The van der Waals surface area contributed by atoms with Crippen LogP contribution in [-0.2, 0) is 28.9 Å². The Labute approximate surface area is 186 Å². The number of nitrogens with one attached hydrogen (secondary N) is 1. The number of carboxylic acid groups (broad SMARTS) is 1. The third-order valence-corrected chi connectivity index (χ3v) is 5.26. The van der Waals surface area contributed by atoms with Gasteiger partial charge in [-0.3, -0.25) is 19.9 Å². The van der Waals surface area contributed by atoms with Gasteiger partial charge in [0, 0.05) is 18.3 Å². The van der Waals surface area contributed by atoms with E-state index in [9.17, 15) is 22.8 Å². The van der Waals surface area contributed by atoms with Crippen molar-refractivity contribution < 1.29 is 37.4 Å². The molecule has 1 unspecified atom stereocenters. The summed E-state index contributed by atoms with van der Waals surface area (Å²) in [5.74, 6) is -2.18. The monoisotopic (exact) mass is 470 g/mol. The molecule has 172 valence electrons. The molecular weight excluding hydrogens is 449 g/mol. The highest BCUT2D eigenvalue weighted by atomic mass is 32.2. The van der Waals surface area contributed by atoms with Crippen molar-refractivity contribution in [1.29, 1.82) is 0 Å². The summed E-state index contributed by atoms with van der Waals surface area (Å²) >= 11 is 1.05. The van der Waals surface area contributed by atoms with Crippen molar-refractivity contribution in [1.82, 2.24) is 10.3 Å². The molecule has 2 N–H and O–H groups in total. The van der Waals surface area contributed by atoms with Gasteiger partial charge < -0.3 is 9.84 Å². The molecule has 32 heavy (non-hydrogen) atoms. The number of rotatable bonds is 7. The summed E-state index contributed by atoms with van der Waals surface area (Å²) < 4.78 is 37.5. The lowest BCUT2D eigenvalue weighted by Gasteiger charge is -2.09. The molecule has 7 nitrogen and oxygen atoms in total. The van der Waals surface area contributed by atoms with Gasteiger partial charge >= 0.3 is 12.1 Å². The van der Waals surface area contributed by atoms with Gasteiger partial charge in [0.15, 0.2) is 0 Å². The molecule has 0 bridgehead atoms. The van der Waals surface area contributed by atoms with Gasteiger partial charge in [-0.15, -0.1) is 0 Å². The maximum atomic E-state index is 11.6. The maximum absolute atomic E-state index is 11.6. The first-order valence-electron chi connectivity index (χ1n) is 9.55. The molecule has 1 aromatic carbocycles. The Balaban J connectivity index is 0.000000451. The minimum atomic E-state index is -5.08. The third kappa shape index (κ3) is 8.22. The van der Waals surface area contributed by atoms with Crippen LogP contribution in [0.2, 0.25) is 0 Å². The number of aryl methyl sites for hydroxylation is 1. The Bertz CT molecular complexity index is 934. The van der Waals surface area contributed by atoms with Crippen molar-refractivity contribution in [2.45, 2.75) is 37.6 Å². The lowest BCUT2D eigenvalue weighted by Crippen LogP contribution is -2.25. The normalized spacial score (nSPS) is 15.6. The highest BCUT2D eigenvalue weighted by Gasteiger charge is 2.38. The minimum absolute atomic E-state index is 0.211. The van der Waals surface area contributed by atoms with Crippen molar-refractivity contribution in [3.8, 4) is 5.75 Å². The van der Waals surface area contributed by atoms with Crippen LogP contribution in [0.15, 0.2) is 42.6 Å². The smallest absolute Gasteiger partial charge is 0.490 e. The fraction of sp³-hybridized carbons (Fsp3) is 0.333. The van der Waals surface area contributed by atoms with E-state index < -0.39 is 12.1 Å². The summed E-state index contributed by atoms with van der Waals surface area (Å²) in [6.45, 7) is 2.67. The lowest BCUT2D eigenvalue weighted by atomic mass is 10.1. The third-order valence-electron chi connectivity index (χ3n) is 4.28. The van der Waals surface area contributed by atoms with E-state index >= 15 is 0 Å². The summed E-state index contributed by atoms with van der Waals surface area (Å²) in [7, 11) is 0. The van der Waals surface area contributed by atoms with Gasteiger partial charge in [-0.1, -0.05) is 36.9 Å². The van der Waals surface area contributed by atoms with Crippen molar-refractivity contribution in [3.63, 3.8) is 0 Å². The standard InChI is InChI=1S/C19H20N2O3S.C2HF3O2/c1-2-13-3-6-15(20-12-13)9-10-24-16-7-4-14(5-8-16)11-17-18(22)21-19(23)25-17;3-2(4,5)1(6)7/h3-8,12,17H,2,9-11H2,1H3,(H,21,22,23);(H,6,7). The number of ether oxygens (including phenoxy) is 1. The molecule has 0 aliphatic carbocycles. The number of hydrogen-bond acceptors (Lipinski definition) is 6. The summed E-state index contributed by atoms with van der Waals surface area (Å²) in [4.78, 5) is 36.1. The maximum Gasteiger partial charge on any atom is 0.490 e. The van der Waals surface area contributed by atoms with E-state index in [1.807, 2.05) is 36.5 Å². The van der Waals surface area contributed by atoms with E-state index in [4.69, 9.17) is 14.6 Å². The molecule has 1 aliphatic rings. The van der Waals surface area contributed by atoms with Crippen molar-refractivity contribution in [2.75, 3.05) is 6.61 Å². The van der Waals surface area contributed by atoms with Gasteiger partial charge in [0.2, 0.25) is 5.91 Å². The minimum Gasteiger partial charge on any atom is -0.493 e. The fourth-order valence-corrected chi connectivity index (χ4v) is 3.41. The average Bonchev–Trinajstić information content (AvgIpc) is 3.06. The number of nitrogens with zero attached hydrogens (tertiary/aromatic N) is 1. The van der Waals surface area contributed by atoms with Crippen LogP contribution < -0.4 is 10.1 Å². The molecule has 2 aromatic rings. The SMILES string of the molecule is CCc1ccc(CCOc2ccc(CC3SC(=O)NC3=O)cc2)nc1.O=C(O)C(F)(F)F. The van der Waals surface area contributed by atoms with Crippen LogP contribution in [0.3, 0.4) is 0 Å². The number of aliphatic carboxylic acids is 1. The van der Waals surface area contributed by atoms with E-state index in [-0.39, 0.29) is 16.4 Å². The molecule has 3 rings (SSSR count). The molecule has 1 aliphatic heterocycles. The number of alkyl halides is 3. The van der Waals surface area contributed by atoms with E-state index in [1.165, 1.54) is 5.56 Å². The number of thioether (sulfide) groups is 1. The molecular formula is C21H21F3N2O5S. The van der Waals surface area contributed by atoms with Crippen molar-refractivity contribution in [2.24, 2.45) is 0 Å². The highest BCUT2D eigenvalue weighted by Crippen LogP contribution is 2.24. The number of benzene rings is 1. The molecule has 2 heterocycles. The van der Waals surface area contributed by atoms with Crippen molar-refractivity contribution in [3.05, 3.63) is 59.4 Å². The predicted molar refractivity (Wildman–Crippen MR) is 112 cm³/mol. The molecule has 0 saturated carbocycles. The van der Waals surface area contributed by atoms with Crippen LogP contribution in [0.4, 0.5) is 18.0 Å². The van der Waals surface area contributed by atoms with Crippen LogP contribution in [0.25, 0.3) is 0 Å². The van der Waals surface area contributed by atoms with Gasteiger partial charge in [0.05, 0.1) is 11.9 Å². The Morgan fingerprint density at radius 2 is 1.78 bits per heavy atom. The molecule has 0 spiro atoms. The topological polar surface area (TPSA) is 106 Å². The number of halogens is 3. The van der Waals surface area contributed by atoms with Crippen LogP contribution >= 0.6 is 11.8 Å². The number of aromatic nitrogens is 1. The predicted octanol–water partition coefficient (Wildman–Crippen LogP) is 3.79. The number of imide groups is 1. The quantitative estimate of drug-likeness (QED) is 0.634. The van der Waals surface area contributed by atoms with E-state index in [0.717, 1.165) is 41.6 Å². The van der Waals surface area contributed by atoms with Gasteiger partial charge in [0.25, 0.3) is 5.24 Å². The van der Waals surface area contributed by atoms with E-state index in [0.29, 0.717) is 13.0 Å². The zero-order chi connectivity index (χ0) is 23.7. The molecule has 1 fully saturated rings. The molecule has 2 amide bonds. The molecule has 1 aromatic heterocycles. The number of pyridine rings is 1. The van der Waals surface area contributed by atoms with Crippen LogP contribution in [-0.4, -0.2) is 45.2 Å². The second-order valence-electron chi connectivity index (χ2n) is 6.64. The van der Waals surface area contributed by atoms with Crippen LogP contribution in [0.5, 0.6) is 5.75 Å². The summed E-state index contributed by atoms with van der Waals surface area (Å²) in [6.07, 6.45) is -0.889. The van der Waals surface area contributed by atoms with Crippen molar-refractivity contribution >= 4 is 28.9 Å². The first-order valence-corrected chi connectivity index (χ1v) is 10.4. The average molecular weight is 470 g/mol. The molecule has 1 saturated heterocycles. The van der Waals surface area contributed by atoms with E-state index in [2.05, 4.69) is 23.3 Å². The fourth-order valence-electron chi connectivity index (χ4n) is 2.55. The zero-order valence-electron chi connectivity index (χ0n) is 17.0. The number of carboxylic acids is 1. The second kappa shape index (κ2) is 11.5. The second-order valence-corrected chi connectivity index (χ2v) is 7.82. The highest BCUT2D eigenvalue weighted by molar-refractivity contribution is 8.15. The van der Waals surface area contributed by atoms with Crippen LogP contribution in [0, 0.1) is 0 Å². The largest absolute Gasteiger partial charge is 0.493 e. The number of carbonyl (C=O) groups excluding carboxylic acids is 2. The summed E-state index contributed by atoms with van der Waals surface area (Å²) in [5, 5.41) is 8.82. The Hall–Kier alpha value is -3.08. The Morgan fingerprint density at radius 3 is 2.25 bits per heavy atom.